The zero-order valence-electron chi connectivity index (χ0n) is 21.2. The van der Waals surface area contributed by atoms with Crippen LogP contribution >= 0.6 is 0 Å². The first kappa shape index (κ1) is 26.9. The Labute approximate surface area is 211 Å². The Balaban J connectivity index is 1.65. The van der Waals surface area contributed by atoms with Crippen LogP contribution in [0.3, 0.4) is 0 Å². The molecule has 2 aromatic rings. The number of amides is 3. The monoisotopic (exact) mass is 492 g/mol. The molecule has 1 unspecified atom stereocenters. The van der Waals surface area contributed by atoms with Crippen LogP contribution in [0.5, 0.6) is 0 Å². The fourth-order valence-electron chi connectivity index (χ4n) is 4.09. The molecule has 0 aromatic heterocycles. The van der Waals surface area contributed by atoms with Gasteiger partial charge in [-0.1, -0.05) is 24.0 Å². The van der Waals surface area contributed by atoms with E-state index < -0.39 is 23.3 Å². The number of benzene rings is 2. The van der Waals surface area contributed by atoms with Gasteiger partial charge in [-0.25, -0.2) is 5.48 Å². The number of carbonyl (C=O) groups excluding carboxylic acids is 3. The zero-order chi connectivity index (χ0) is 26.5. The molecule has 9 heteroatoms. The summed E-state index contributed by atoms with van der Waals surface area (Å²) in [6.45, 7) is 6.06. The molecule has 0 aliphatic carbocycles. The van der Waals surface area contributed by atoms with Crippen molar-refractivity contribution in [1.29, 1.82) is 0 Å². The first-order valence-electron chi connectivity index (χ1n) is 11.5. The SMILES string of the molecule is CNC(=O)C(C)(C(=O)NO)N(C)C(=O)c1ccc(C#Cc2ccc(CN3CC(C)(OC)C3)cc2)cc1. The molecule has 1 aliphatic heterocycles. The van der Waals surface area contributed by atoms with Crippen molar-refractivity contribution in [2.45, 2.75) is 31.5 Å². The van der Waals surface area contributed by atoms with Crippen LogP contribution in [0.4, 0.5) is 0 Å². The van der Waals surface area contributed by atoms with E-state index in [1.54, 1.807) is 31.4 Å². The van der Waals surface area contributed by atoms with E-state index in [2.05, 4.69) is 41.1 Å². The second-order valence-electron chi connectivity index (χ2n) is 9.28. The van der Waals surface area contributed by atoms with Crippen LogP contribution < -0.4 is 10.8 Å². The summed E-state index contributed by atoms with van der Waals surface area (Å²) in [5, 5.41) is 11.4. The van der Waals surface area contributed by atoms with Gasteiger partial charge in [0.25, 0.3) is 17.7 Å². The minimum atomic E-state index is -1.94. The maximum Gasteiger partial charge on any atom is 0.278 e. The third kappa shape index (κ3) is 5.57. The smallest absolute Gasteiger partial charge is 0.278 e. The molecule has 0 spiro atoms. The van der Waals surface area contributed by atoms with E-state index in [-0.39, 0.29) is 11.2 Å². The van der Waals surface area contributed by atoms with Crippen molar-refractivity contribution in [2.24, 2.45) is 0 Å². The van der Waals surface area contributed by atoms with Gasteiger partial charge in [-0.15, -0.1) is 0 Å². The Morgan fingerprint density at radius 2 is 1.58 bits per heavy atom. The number of hydrogen-bond acceptors (Lipinski definition) is 6. The summed E-state index contributed by atoms with van der Waals surface area (Å²) < 4.78 is 5.49. The summed E-state index contributed by atoms with van der Waals surface area (Å²) in [4.78, 5) is 40.7. The van der Waals surface area contributed by atoms with E-state index in [0.29, 0.717) is 5.56 Å². The number of hydroxylamine groups is 1. The molecule has 2 aromatic carbocycles. The quantitative estimate of drug-likeness (QED) is 0.233. The van der Waals surface area contributed by atoms with Gasteiger partial charge in [-0.2, -0.15) is 0 Å². The lowest BCUT2D eigenvalue weighted by Crippen LogP contribution is -2.64. The van der Waals surface area contributed by atoms with Gasteiger partial charge < -0.3 is 15.0 Å². The minimum Gasteiger partial charge on any atom is -0.376 e. The number of likely N-dealkylation sites (N-methyl/N-ethyl adjacent to an activating group) is 2. The topological polar surface area (TPSA) is 111 Å². The molecule has 1 saturated heterocycles. The Kier molecular flexibility index (Phi) is 8.15. The molecule has 0 saturated carbocycles. The first-order chi connectivity index (χ1) is 17.1. The minimum absolute atomic E-state index is 0.0428. The number of ether oxygens (including phenoxy) is 1. The summed E-state index contributed by atoms with van der Waals surface area (Å²) in [5.41, 5.74) is 2.53. The molecule has 0 radical (unpaired) electrons. The highest BCUT2D eigenvalue weighted by atomic mass is 16.5. The number of likely N-dealkylation sites (tertiary alicyclic amines) is 1. The Bertz CT molecular complexity index is 1160. The summed E-state index contributed by atoms with van der Waals surface area (Å²) in [6.07, 6.45) is 0. The van der Waals surface area contributed by atoms with Crippen molar-refractivity contribution >= 4 is 17.7 Å². The maximum absolute atomic E-state index is 12.9. The highest BCUT2D eigenvalue weighted by Crippen LogP contribution is 2.25. The van der Waals surface area contributed by atoms with E-state index in [4.69, 9.17) is 9.94 Å². The van der Waals surface area contributed by atoms with Gasteiger partial charge in [-0.3, -0.25) is 24.5 Å². The summed E-state index contributed by atoms with van der Waals surface area (Å²) in [7, 11) is 4.41. The second-order valence-corrected chi connectivity index (χ2v) is 9.28. The van der Waals surface area contributed by atoms with E-state index >= 15 is 0 Å². The Hall–Kier alpha value is -3.71. The van der Waals surface area contributed by atoms with Crippen LogP contribution in [0, 0.1) is 11.8 Å². The summed E-state index contributed by atoms with van der Waals surface area (Å²) in [5.74, 6) is 3.87. The average molecular weight is 493 g/mol. The Morgan fingerprint density at radius 1 is 1.06 bits per heavy atom. The van der Waals surface area contributed by atoms with Crippen molar-refractivity contribution in [3.63, 3.8) is 0 Å². The standard InChI is InChI=1S/C27H32N4O5/c1-26(36-5)17-31(18-26)16-21-10-8-19(9-11-21)6-7-20-12-14-22(15-13-20)23(32)30(4)27(2,24(33)28-3)25(34)29-35/h8-15,35H,16-18H2,1-5H3,(H,28,33)(H,29,34). The number of carbonyl (C=O) groups is 3. The first-order valence-corrected chi connectivity index (χ1v) is 11.5. The van der Waals surface area contributed by atoms with E-state index in [0.717, 1.165) is 30.1 Å². The third-order valence-corrected chi connectivity index (χ3v) is 6.64. The van der Waals surface area contributed by atoms with Gasteiger partial charge in [0.1, 0.15) is 0 Å². The lowest BCUT2D eigenvalue weighted by Gasteiger charge is -2.47. The number of methoxy groups -OCH3 is 1. The average Bonchev–Trinajstić information content (AvgIpc) is 2.89. The predicted octanol–water partition coefficient (Wildman–Crippen LogP) is 1.39. The molecule has 1 heterocycles. The molecule has 0 bridgehead atoms. The van der Waals surface area contributed by atoms with Crippen LogP contribution in [-0.2, 0) is 20.9 Å². The van der Waals surface area contributed by atoms with Gasteiger partial charge in [-0.05, 0) is 55.8 Å². The predicted molar refractivity (Wildman–Crippen MR) is 134 cm³/mol. The molecule has 3 rings (SSSR count). The number of hydrogen-bond donors (Lipinski definition) is 3. The van der Waals surface area contributed by atoms with Gasteiger partial charge in [0.2, 0.25) is 0 Å². The van der Waals surface area contributed by atoms with Gasteiger partial charge in [0.15, 0.2) is 5.54 Å². The number of rotatable bonds is 7. The summed E-state index contributed by atoms with van der Waals surface area (Å²) >= 11 is 0. The molecular weight excluding hydrogens is 460 g/mol. The van der Waals surface area contributed by atoms with Crippen molar-refractivity contribution in [1.82, 2.24) is 20.6 Å². The van der Waals surface area contributed by atoms with Gasteiger partial charge >= 0.3 is 0 Å². The lowest BCUT2D eigenvalue weighted by atomic mass is 9.95. The lowest BCUT2D eigenvalue weighted by molar-refractivity contribution is -0.148. The zero-order valence-corrected chi connectivity index (χ0v) is 21.2. The molecular formula is C27H32N4O5. The van der Waals surface area contributed by atoms with Crippen LogP contribution in [0.1, 0.15) is 40.9 Å². The fraction of sp³-hybridized carbons (Fsp3) is 0.370. The van der Waals surface area contributed by atoms with Crippen molar-refractivity contribution in [3.05, 3.63) is 70.8 Å². The van der Waals surface area contributed by atoms with Gasteiger partial charge in [0, 0.05) is 57.5 Å². The summed E-state index contributed by atoms with van der Waals surface area (Å²) in [6, 6.07) is 14.6. The number of nitrogens with one attached hydrogen (secondary N) is 2. The van der Waals surface area contributed by atoms with Crippen LogP contribution in [-0.4, -0.2) is 78.2 Å². The Morgan fingerprint density at radius 3 is 2.06 bits per heavy atom. The molecule has 9 nitrogen and oxygen atoms in total. The van der Waals surface area contributed by atoms with Gasteiger partial charge in [0.05, 0.1) is 5.60 Å². The number of nitrogens with zero attached hydrogens (tertiary/aromatic N) is 2. The molecule has 1 aliphatic rings. The van der Waals surface area contributed by atoms with Crippen LogP contribution in [0.2, 0.25) is 0 Å². The molecule has 190 valence electrons. The highest BCUT2D eigenvalue weighted by Gasteiger charge is 2.47. The normalized spacial score (nSPS) is 15.9. The van der Waals surface area contributed by atoms with Crippen molar-refractivity contribution in [2.75, 3.05) is 34.3 Å². The highest BCUT2D eigenvalue weighted by molar-refractivity contribution is 6.12. The molecule has 3 N–H and O–H groups in total. The third-order valence-electron chi connectivity index (χ3n) is 6.64. The molecule has 36 heavy (non-hydrogen) atoms. The largest absolute Gasteiger partial charge is 0.376 e. The van der Waals surface area contributed by atoms with E-state index in [1.165, 1.54) is 32.1 Å². The van der Waals surface area contributed by atoms with E-state index in [1.807, 2.05) is 12.1 Å². The molecule has 3 amide bonds. The fourth-order valence-corrected chi connectivity index (χ4v) is 4.09. The van der Waals surface area contributed by atoms with E-state index in [9.17, 15) is 14.4 Å². The second kappa shape index (κ2) is 10.9. The molecule has 1 fully saturated rings. The van der Waals surface area contributed by atoms with Crippen molar-refractivity contribution < 1.29 is 24.3 Å². The molecule has 1 atom stereocenters. The van der Waals surface area contributed by atoms with Crippen LogP contribution in [0.25, 0.3) is 0 Å². The van der Waals surface area contributed by atoms with Crippen LogP contribution in [0.15, 0.2) is 48.5 Å². The maximum atomic E-state index is 12.9. The van der Waals surface area contributed by atoms with Crippen molar-refractivity contribution in [3.8, 4) is 11.8 Å².